The zero-order valence-corrected chi connectivity index (χ0v) is 7.77. The molecule has 1 rings (SSSR count). The van der Waals surface area contributed by atoms with Gasteiger partial charge in [-0.15, -0.1) is 0 Å². The molecule has 0 amide bonds. The van der Waals surface area contributed by atoms with Crippen LogP contribution >= 0.6 is 11.6 Å². The molecule has 0 unspecified atom stereocenters. The van der Waals surface area contributed by atoms with Crippen LogP contribution in [-0.4, -0.2) is 12.4 Å². The number of halogens is 2. The van der Waals surface area contributed by atoms with Gasteiger partial charge in [0.05, 0.1) is 13.5 Å². The molecule has 0 radical (unpaired) electrons. The van der Waals surface area contributed by atoms with E-state index in [9.17, 15) is 9.18 Å². The zero-order valence-electron chi connectivity index (χ0n) is 7.01. The van der Waals surface area contributed by atoms with E-state index < -0.39 is 11.1 Å². The number of hydrogen-bond acceptors (Lipinski definition) is 2. The van der Waals surface area contributed by atoms with Gasteiger partial charge >= 0.3 is 0 Å². The quantitative estimate of drug-likeness (QED) is 0.702. The minimum absolute atomic E-state index is 0.155. The third-order valence-electron chi connectivity index (χ3n) is 1.61. The van der Waals surface area contributed by atoms with Crippen molar-refractivity contribution in [2.75, 3.05) is 7.11 Å². The molecule has 0 aliphatic heterocycles. The van der Waals surface area contributed by atoms with Crippen LogP contribution in [0.3, 0.4) is 0 Å². The molecule has 0 saturated heterocycles. The van der Waals surface area contributed by atoms with Crippen molar-refractivity contribution in [2.24, 2.45) is 0 Å². The van der Waals surface area contributed by atoms with E-state index >= 15 is 0 Å². The maximum absolute atomic E-state index is 13.1. The molecule has 0 bridgehead atoms. The van der Waals surface area contributed by atoms with E-state index in [0.717, 1.165) is 0 Å². The number of carbonyl (C=O) groups excluding carboxylic acids is 1. The summed E-state index contributed by atoms with van der Waals surface area (Å²) >= 11 is 5.15. The number of hydrogen-bond donors (Lipinski definition) is 0. The second kappa shape index (κ2) is 4.23. The molecule has 2 nitrogen and oxygen atoms in total. The lowest BCUT2D eigenvalue weighted by Gasteiger charge is -2.06. The lowest BCUT2D eigenvalue weighted by Crippen LogP contribution is -2.00. The molecule has 0 atom stereocenters. The van der Waals surface area contributed by atoms with Crippen LogP contribution in [0.15, 0.2) is 18.2 Å². The van der Waals surface area contributed by atoms with Gasteiger partial charge in [0, 0.05) is 5.56 Å². The molecule has 13 heavy (non-hydrogen) atoms. The summed E-state index contributed by atoms with van der Waals surface area (Å²) in [4.78, 5) is 10.6. The Morgan fingerprint density at radius 2 is 2.31 bits per heavy atom. The topological polar surface area (TPSA) is 26.3 Å². The third kappa shape index (κ3) is 2.42. The summed E-state index contributed by atoms with van der Waals surface area (Å²) in [7, 11) is 1.41. The molecule has 1 aromatic carbocycles. The normalized spacial score (nSPS) is 9.77. The summed E-state index contributed by atoms with van der Waals surface area (Å²) in [5.74, 6) is -0.137. The van der Waals surface area contributed by atoms with Gasteiger partial charge in [-0.2, -0.15) is 0 Å². The third-order valence-corrected chi connectivity index (χ3v) is 1.75. The first kappa shape index (κ1) is 9.99. The van der Waals surface area contributed by atoms with Gasteiger partial charge in [0.1, 0.15) is 11.6 Å². The number of methoxy groups -OCH3 is 1. The highest BCUT2D eigenvalue weighted by atomic mass is 35.5. The van der Waals surface area contributed by atoms with Gasteiger partial charge in [0.15, 0.2) is 0 Å². The largest absolute Gasteiger partial charge is 0.496 e. The van der Waals surface area contributed by atoms with Crippen molar-refractivity contribution in [3.8, 4) is 5.75 Å². The smallest absolute Gasteiger partial charge is 0.226 e. The summed E-state index contributed by atoms with van der Waals surface area (Å²) in [5.41, 5.74) is 0.199. The fourth-order valence-electron chi connectivity index (χ4n) is 1.04. The summed E-state index contributed by atoms with van der Waals surface area (Å²) in [6.45, 7) is 0. The van der Waals surface area contributed by atoms with Crippen LogP contribution in [0.1, 0.15) is 5.56 Å². The number of carbonyl (C=O) groups is 1. The first-order valence-electron chi connectivity index (χ1n) is 3.65. The first-order chi connectivity index (χ1) is 6.15. The molecule has 0 aromatic heterocycles. The monoisotopic (exact) mass is 202 g/mol. The van der Waals surface area contributed by atoms with Crippen LogP contribution in [-0.2, 0) is 11.2 Å². The molecule has 0 saturated carbocycles. The SMILES string of the molecule is COc1cccc(F)c1CC(=O)Cl. The number of ether oxygens (including phenoxy) is 1. The van der Waals surface area contributed by atoms with E-state index in [1.165, 1.54) is 19.2 Å². The van der Waals surface area contributed by atoms with E-state index in [1.807, 2.05) is 0 Å². The van der Waals surface area contributed by atoms with Crippen LogP contribution in [0.2, 0.25) is 0 Å². The number of benzene rings is 1. The van der Waals surface area contributed by atoms with Gasteiger partial charge in [0.2, 0.25) is 5.24 Å². The van der Waals surface area contributed by atoms with E-state index in [4.69, 9.17) is 16.3 Å². The van der Waals surface area contributed by atoms with Gasteiger partial charge in [-0.05, 0) is 23.7 Å². The van der Waals surface area contributed by atoms with Crippen LogP contribution in [0, 0.1) is 5.82 Å². The Kier molecular flexibility index (Phi) is 3.25. The fourth-order valence-corrected chi connectivity index (χ4v) is 1.17. The van der Waals surface area contributed by atoms with Gasteiger partial charge in [0.25, 0.3) is 0 Å². The number of rotatable bonds is 3. The van der Waals surface area contributed by atoms with Gasteiger partial charge in [-0.1, -0.05) is 6.07 Å². The molecule has 70 valence electrons. The van der Waals surface area contributed by atoms with Crippen molar-refractivity contribution < 1.29 is 13.9 Å². The molecule has 0 heterocycles. The molecule has 0 aliphatic carbocycles. The molecule has 1 aromatic rings. The van der Waals surface area contributed by atoms with E-state index in [-0.39, 0.29) is 12.0 Å². The van der Waals surface area contributed by atoms with Gasteiger partial charge in [-0.3, -0.25) is 4.79 Å². The Balaban J connectivity index is 3.07. The highest BCUT2D eigenvalue weighted by molar-refractivity contribution is 6.63. The van der Waals surface area contributed by atoms with Crippen LogP contribution in [0.25, 0.3) is 0 Å². The second-order valence-corrected chi connectivity index (χ2v) is 2.87. The van der Waals surface area contributed by atoms with Crippen molar-refractivity contribution >= 4 is 16.8 Å². The summed E-state index contributed by atoms with van der Waals surface area (Å²) in [6, 6.07) is 4.35. The Hall–Kier alpha value is -1.09. The van der Waals surface area contributed by atoms with Crippen molar-refractivity contribution in [3.05, 3.63) is 29.6 Å². The standard InChI is InChI=1S/C9H8ClFO2/c1-13-8-4-2-3-7(11)6(8)5-9(10)12/h2-4H,5H2,1H3. The van der Waals surface area contributed by atoms with Crippen molar-refractivity contribution in [1.29, 1.82) is 0 Å². The molecule has 0 fully saturated rings. The van der Waals surface area contributed by atoms with Gasteiger partial charge < -0.3 is 4.74 Å². The predicted molar refractivity (Wildman–Crippen MR) is 47.5 cm³/mol. The van der Waals surface area contributed by atoms with Crippen LogP contribution in [0.4, 0.5) is 4.39 Å². The molecular formula is C9H8ClFO2. The Bertz CT molecular complexity index is 325. The Morgan fingerprint density at radius 1 is 1.62 bits per heavy atom. The predicted octanol–water partition coefficient (Wildman–Crippen LogP) is 2.14. The zero-order chi connectivity index (χ0) is 9.84. The maximum atomic E-state index is 13.1. The Morgan fingerprint density at radius 3 is 2.85 bits per heavy atom. The highest BCUT2D eigenvalue weighted by Crippen LogP contribution is 2.22. The maximum Gasteiger partial charge on any atom is 0.226 e. The minimum Gasteiger partial charge on any atom is -0.496 e. The lowest BCUT2D eigenvalue weighted by molar-refractivity contribution is -0.111. The molecule has 0 N–H and O–H groups in total. The molecular weight excluding hydrogens is 195 g/mol. The minimum atomic E-state index is -0.608. The summed E-state index contributed by atoms with van der Waals surface area (Å²) in [6.07, 6.45) is -0.155. The van der Waals surface area contributed by atoms with E-state index in [1.54, 1.807) is 6.07 Å². The van der Waals surface area contributed by atoms with Crippen molar-refractivity contribution in [3.63, 3.8) is 0 Å². The first-order valence-corrected chi connectivity index (χ1v) is 4.02. The highest BCUT2D eigenvalue weighted by Gasteiger charge is 2.11. The van der Waals surface area contributed by atoms with Crippen molar-refractivity contribution in [2.45, 2.75) is 6.42 Å². The Labute approximate surface area is 80.3 Å². The molecule has 4 heteroatoms. The van der Waals surface area contributed by atoms with Crippen LogP contribution in [0.5, 0.6) is 5.75 Å². The summed E-state index contributed by atoms with van der Waals surface area (Å²) in [5, 5.41) is -0.608. The van der Waals surface area contributed by atoms with Crippen molar-refractivity contribution in [1.82, 2.24) is 0 Å². The lowest BCUT2D eigenvalue weighted by atomic mass is 10.1. The van der Waals surface area contributed by atoms with E-state index in [0.29, 0.717) is 5.75 Å². The average Bonchev–Trinajstić information content (AvgIpc) is 2.08. The van der Waals surface area contributed by atoms with Gasteiger partial charge in [-0.25, -0.2) is 4.39 Å². The second-order valence-electron chi connectivity index (χ2n) is 2.45. The molecule has 0 aliphatic rings. The summed E-state index contributed by atoms with van der Waals surface area (Å²) < 4.78 is 18.0. The molecule has 0 spiro atoms. The van der Waals surface area contributed by atoms with E-state index in [2.05, 4.69) is 0 Å². The van der Waals surface area contributed by atoms with Crippen LogP contribution < -0.4 is 4.74 Å². The average molecular weight is 203 g/mol. The fraction of sp³-hybridized carbons (Fsp3) is 0.222.